The minimum absolute atomic E-state index is 0.0534. The first kappa shape index (κ1) is 16.0. The molecule has 1 atom stereocenters. The molecule has 7 heteroatoms. The SMILES string of the molecule is CCn1nc(C)c(Br)c1CC(N)c1ccc(F)c(F)c1F. The summed E-state index contributed by atoms with van der Waals surface area (Å²) in [6.07, 6.45) is 0.261. The van der Waals surface area contributed by atoms with Crippen molar-refractivity contribution in [2.45, 2.75) is 32.9 Å². The number of hydrogen-bond donors (Lipinski definition) is 1. The van der Waals surface area contributed by atoms with Crippen molar-refractivity contribution in [3.63, 3.8) is 0 Å². The molecule has 3 nitrogen and oxygen atoms in total. The Labute approximate surface area is 129 Å². The van der Waals surface area contributed by atoms with Gasteiger partial charge in [-0.2, -0.15) is 5.10 Å². The van der Waals surface area contributed by atoms with Crippen molar-refractivity contribution >= 4 is 15.9 Å². The van der Waals surface area contributed by atoms with Gasteiger partial charge in [0.1, 0.15) is 0 Å². The molecule has 0 fully saturated rings. The zero-order valence-electron chi connectivity index (χ0n) is 11.6. The summed E-state index contributed by atoms with van der Waals surface area (Å²) in [6.45, 7) is 4.39. The number of hydrogen-bond acceptors (Lipinski definition) is 2. The van der Waals surface area contributed by atoms with Gasteiger partial charge >= 0.3 is 0 Å². The van der Waals surface area contributed by atoms with E-state index in [1.165, 1.54) is 6.07 Å². The lowest BCUT2D eigenvalue weighted by Gasteiger charge is -2.15. The van der Waals surface area contributed by atoms with Crippen LogP contribution in [-0.2, 0) is 13.0 Å². The van der Waals surface area contributed by atoms with Gasteiger partial charge in [0.15, 0.2) is 17.5 Å². The van der Waals surface area contributed by atoms with Crippen LogP contribution in [0.25, 0.3) is 0 Å². The third-order valence-electron chi connectivity index (χ3n) is 3.33. The maximum absolute atomic E-state index is 13.8. The molecule has 21 heavy (non-hydrogen) atoms. The summed E-state index contributed by atoms with van der Waals surface area (Å²) in [6, 6.07) is 1.26. The summed E-state index contributed by atoms with van der Waals surface area (Å²) in [5.41, 5.74) is 7.50. The summed E-state index contributed by atoms with van der Waals surface area (Å²) in [5.74, 6) is -3.96. The van der Waals surface area contributed by atoms with E-state index in [1.54, 1.807) is 4.68 Å². The number of aryl methyl sites for hydroxylation is 2. The van der Waals surface area contributed by atoms with Gasteiger partial charge < -0.3 is 5.73 Å². The molecule has 0 bridgehead atoms. The molecule has 1 heterocycles. The Kier molecular flexibility index (Phi) is 4.73. The number of benzene rings is 1. The molecule has 114 valence electrons. The van der Waals surface area contributed by atoms with Crippen LogP contribution < -0.4 is 5.73 Å². The lowest BCUT2D eigenvalue weighted by atomic mass is 10.0. The summed E-state index contributed by atoms with van der Waals surface area (Å²) >= 11 is 3.42. The molecule has 0 aliphatic carbocycles. The van der Waals surface area contributed by atoms with Gasteiger partial charge in [-0.05, 0) is 35.8 Å². The van der Waals surface area contributed by atoms with Crippen LogP contribution in [-0.4, -0.2) is 9.78 Å². The first-order chi connectivity index (χ1) is 9.86. The van der Waals surface area contributed by atoms with Crippen molar-refractivity contribution in [2.24, 2.45) is 5.73 Å². The largest absolute Gasteiger partial charge is 0.324 e. The molecule has 1 aromatic carbocycles. The third kappa shape index (κ3) is 2.98. The van der Waals surface area contributed by atoms with E-state index >= 15 is 0 Å². The average Bonchev–Trinajstić information content (AvgIpc) is 2.72. The molecular weight excluding hydrogens is 347 g/mol. The van der Waals surface area contributed by atoms with Gasteiger partial charge in [-0.3, -0.25) is 4.68 Å². The van der Waals surface area contributed by atoms with Crippen LogP contribution in [0.2, 0.25) is 0 Å². The van der Waals surface area contributed by atoms with Crippen molar-refractivity contribution < 1.29 is 13.2 Å². The van der Waals surface area contributed by atoms with E-state index in [9.17, 15) is 13.2 Å². The lowest BCUT2D eigenvalue weighted by Crippen LogP contribution is -2.18. The van der Waals surface area contributed by atoms with Crippen LogP contribution >= 0.6 is 15.9 Å². The molecule has 0 amide bonds. The molecule has 1 aromatic heterocycles. The first-order valence-corrected chi connectivity index (χ1v) is 7.26. The smallest absolute Gasteiger partial charge is 0.194 e. The number of halogens is 4. The second-order valence-electron chi connectivity index (χ2n) is 4.74. The van der Waals surface area contributed by atoms with Crippen molar-refractivity contribution in [3.05, 3.63) is 51.0 Å². The highest BCUT2D eigenvalue weighted by atomic mass is 79.9. The molecule has 0 aliphatic heterocycles. The van der Waals surface area contributed by atoms with E-state index in [-0.39, 0.29) is 12.0 Å². The summed E-state index contributed by atoms with van der Waals surface area (Å²) in [5, 5.41) is 4.32. The fraction of sp³-hybridized carbons (Fsp3) is 0.357. The number of nitrogens with zero attached hydrogens (tertiary/aromatic N) is 2. The molecule has 0 radical (unpaired) electrons. The van der Waals surface area contributed by atoms with E-state index in [0.29, 0.717) is 6.54 Å². The predicted molar refractivity (Wildman–Crippen MR) is 77.3 cm³/mol. The van der Waals surface area contributed by atoms with E-state index < -0.39 is 23.5 Å². The Morgan fingerprint density at radius 2 is 1.95 bits per heavy atom. The highest BCUT2D eigenvalue weighted by molar-refractivity contribution is 9.10. The van der Waals surface area contributed by atoms with E-state index in [2.05, 4.69) is 21.0 Å². The Morgan fingerprint density at radius 1 is 1.29 bits per heavy atom. The molecule has 2 N–H and O–H groups in total. The Hall–Kier alpha value is -1.34. The van der Waals surface area contributed by atoms with E-state index in [0.717, 1.165) is 21.9 Å². The topological polar surface area (TPSA) is 43.8 Å². The molecular formula is C14H15BrF3N3. The number of aromatic nitrogens is 2. The van der Waals surface area contributed by atoms with Crippen LogP contribution in [0, 0.1) is 24.4 Å². The summed E-state index contributed by atoms with van der Waals surface area (Å²) < 4.78 is 42.6. The average molecular weight is 362 g/mol. The molecule has 0 saturated heterocycles. The Bertz CT molecular complexity index is 670. The maximum atomic E-state index is 13.8. The van der Waals surface area contributed by atoms with Crippen molar-refractivity contribution in [1.82, 2.24) is 9.78 Å². The van der Waals surface area contributed by atoms with Gasteiger partial charge in [-0.25, -0.2) is 13.2 Å². The standard InChI is InChI=1S/C14H15BrF3N3/c1-3-21-11(12(15)7(2)20-21)6-10(19)8-4-5-9(16)14(18)13(8)17/h4-5,10H,3,6,19H2,1-2H3. The number of rotatable bonds is 4. The van der Waals surface area contributed by atoms with Crippen LogP contribution in [0.3, 0.4) is 0 Å². The number of nitrogens with two attached hydrogens (primary N) is 1. The van der Waals surface area contributed by atoms with Crippen LogP contribution in [0.15, 0.2) is 16.6 Å². The maximum Gasteiger partial charge on any atom is 0.194 e. The molecule has 2 aromatic rings. The van der Waals surface area contributed by atoms with E-state index in [1.807, 2.05) is 13.8 Å². The molecule has 1 unspecified atom stereocenters. The summed E-state index contributed by atoms with van der Waals surface area (Å²) in [7, 11) is 0. The van der Waals surface area contributed by atoms with Crippen molar-refractivity contribution in [2.75, 3.05) is 0 Å². The molecule has 0 spiro atoms. The zero-order valence-corrected chi connectivity index (χ0v) is 13.2. The van der Waals surface area contributed by atoms with Gasteiger partial charge in [-0.15, -0.1) is 0 Å². The fourth-order valence-corrected chi connectivity index (χ4v) is 2.66. The van der Waals surface area contributed by atoms with Crippen LogP contribution in [0.4, 0.5) is 13.2 Å². The van der Waals surface area contributed by atoms with Crippen molar-refractivity contribution in [3.8, 4) is 0 Å². The summed E-state index contributed by atoms with van der Waals surface area (Å²) in [4.78, 5) is 0. The Balaban J connectivity index is 2.35. The van der Waals surface area contributed by atoms with Gasteiger partial charge in [0.2, 0.25) is 0 Å². The van der Waals surface area contributed by atoms with Gasteiger partial charge in [0.25, 0.3) is 0 Å². The minimum atomic E-state index is -1.50. The van der Waals surface area contributed by atoms with E-state index in [4.69, 9.17) is 5.73 Å². The normalized spacial score (nSPS) is 12.7. The van der Waals surface area contributed by atoms with Gasteiger partial charge in [0, 0.05) is 24.6 Å². The van der Waals surface area contributed by atoms with Crippen molar-refractivity contribution in [1.29, 1.82) is 0 Å². The quantitative estimate of drug-likeness (QED) is 0.845. The molecule has 0 aliphatic rings. The predicted octanol–water partition coefficient (Wildman–Crippen LogP) is 3.63. The van der Waals surface area contributed by atoms with Gasteiger partial charge in [-0.1, -0.05) is 6.07 Å². The highest BCUT2D eigenvalue weighted by Gasteiger charge is 2.21. The van der Waals surface area contributed by atoms with Crippen LogP contribution in [0.5, 0.6) is 0 Å². The first-order valence-electron chi connectivity index (χ1n) is 6.47. The third-order valence-corrected chi connectivity index (χ3v) is 4.36. The lowest BCUT2D eigenvalue weighted by molar-refractivity contribution is 0.434. The minimum Gasteiger partial charge on any atom is -0.324 e. The van der Waals surface area contributed by atoms with Gasteiger partial charge in [0.05, 0.1) is 15.9 Å². The fourth-order valence-electron chi connectivity index (χ4n) is 2.21. The second kappa shape index (κ2) is 6.19. The second-order valence-corrected chi connectivity index (χ2v) is 5.53. The van der Waals surface area contributed by atoms with Crippen LogP contribution in [0.1, 0.15) is 29.9 Å². The monoisotopic (exact) mass is 361 g/mol. The highest BCUT2D eigenvalue weighted by Crippen LogP contribution is 2.27. The zero-order chi connectivity index (χ0) is 15.7. The Morgan fingerprint density at radius 3 is 2.57 bits per heavy atom. The molecule has 0 saturated carbocycles. The molecule has 2 rings (SSSR count).